The number of carbonyl (C=O) groups excluding carboxylic acids is 2. The average Bonchev–Trinajstić information content (AvgIpc) is 2.83. The number of nitrogens with one attached hydrogen (secondary N) is 2. The third kappa shape index (κ3) is 7.64. The Hall–Kier alpha value is -3.32. The van der Waals surface area contributed by atoms with E-state index >= 15 is 0 Å². The fraction of sp³-hybridized carbons (Fsp3) is 0.231. The Kier molecular flexibility index (Phi) is 8.89. The molecule has 2 amide bonds. The maximum Gasteiger partial charge on any atom is 0.276 e. The first-order chi connectivity index (χ1) is 15.9. The van der Waals surface area contributed by atoms with Gasteiger partial charge in [-0.3, -0.25) is 20.4 Å². The summed E-state index contributed by atoms with van der Waals surface area (Å²) >= 11 is 3.43. The van der Waals surface area contributed by atoms with E-state index < -0.39 is 11.8 Å². The lowest BCUT2D eigenvalue weighted by atomic mass is 10.0. The second-order valence-corrected chi connectivity index (χ2v) is 8.60. The summed E-state index contributed by atoms with van der Waals surface area (Å²) < 4.78 is 11.9. The van der Waals surface area contributed by atoms with Crippen LogP contribution in [0.4, 0.5) is 0 Å². The van der Waals surface area contributed by atoms with E-state index in [-0.39, 0.29) is 6.61 Å². The topological polar surface area (TPSA) is 76.7 Å². The number of benzene rings is 3. The maximum absolute atomic E-state index is 12.4. The highest BCUT2D eigenvalue weighted by atomic mass is 79.9. The molecule has 0 saturated carbocycles. The average molecular weight is 511 g/mol. The van der Waals surface area contributed by atoms with Crippen LogP contribution >= 0.6 is 15.9 Å². The standard InChI is InChI=1S/C26H27BrN2O4/c1-18(2)20-8-11-22(12-9-20)33-17-25(30)28-29-26(31)21-10-13-24(23(27)16-21)32-15-14-19-6-4-3-5-7-19/h3-13,16,18H,14-15,17H2,1-2H3,(H,28,30)(H,29,31). The van der Waals surface area contributed by atoms with Gasteiger partial charge in [0, 0.05) is 12.0 Å². The largest absolute Gasteiger partial charge is 0.492 e. The van der Waals surface area contributed by atoms with E-state index in [1.807, 2.05) is 54.6 Å². The predicted octanol–water partition coefficient (Wildman–Crippen LogP) is 5.03. The Bertz CT molecular complexity index is 1070. The molecule has 3 aromatic rings. The monoisotopic (exact) mass is 510 g/mol. The highest BCUT2D eigenvalue weighted by molar-refractivity contribution is 9.10. The first-order valence-electron chi connectivity index (χ1n) is 10.7. The fourth-order valence-electron chi connectivity index (χ4n) is 3.02. The van der Waals surface area contributed by atoms with Gasteiger partial charge in [-0.05, 0) is 63.3 Å². The maximum atomic E-state index is 12.4. The first-order valence-corrected chi connectivity index (χ1v) is 11.5. The highest BCUT2D eigenvalue weighted by Crippen LogP contribution is 2.26. The fourth-order valence-corrected chi connectivity index (χ4v) is 3.51. The van der Waals surface area contributed by atoms with Gasteiger partial charge in [0.05, 0.1) is 11.1 Å². The van der Waals surface area contributed by atoms with Gasteiger partial charge in [-0.1, -0.05) is 56.3 Å². The molecule has 0 heterocycles. The zero-order valence-corrected chi connectivity index (χ0v) is 20.2. The lowest BCUT2D eigenvalue weighted by Gasteiger charge is -2.12. The third-order valence-corrected chi connectivity index (χ3v) is 5.54. The molecule has 2 N–H and O–H groups in total. The molecule has 0 radical (unpaired) electrons. The Balaban J connectivity index is 1.42. The number of amides is 2. The molecular formula is C26H27BrN2O4. The van der Waals surface area contributed by atoms with Crippen molar-refractivity contribution in [1.82, 2.24) is 10.9 Å². The number of hydrogen-bond donors (Lipinski definition) is 2. The van der Waals surface area contributed by atoms with E-state index in [4.69, 9.17) is 9.47 Å². The van der Waals surface area contributed by atoms with E-state index in [2.05, 4.69) is 40.6 Å². The molecule has 0 aliphatic heterocycles. The van der Waals surface area contributed by atoms with Crippen LogP contribution in [-0.2, 0) is 11.2 Å². The Morgan fingerprint density at radius 1 is 0.909 bits per heavy atom. The zero-order chi connectivity index (χ0) is 23.6. The third-order valence-electron chi connectivity index (χ3n) is 4.92. The van der Waals surface area contributed by atoms with Crippen molar-refractivity contribution >= 4 is 27.7 Å². The van der Waals surface area contributed by atoms with Crippen LogP contribution in [-0.4, -0.2) is 25.0 Å². The zero-order valence-electron chi connectivity index (χ0n) is 18.6. The molecular weight excluding hydrogens is 484 g/mol. The van der Waals surface area contributed by atoms with Crippen LogP contribution in [0.15, 0.2) is 77.3 Å². The molecule has 0 bridgehead atoms. The van der Waals surface area contributed by atoms with Crippen LogP contribution in [0, 0.1) is 0 Å². The molecule has 0 spiro atoms. The van der Waals surface area contributed by atoms with E-state index in [0.29, 0.717) is 34.1 Å². The van der Waals surface area contributed by atoms with E-state index in [1.165, 1.54) is 11.1 Å². The minimum Gasteiger partial charge on any atom is -0.492 e. The predicted molar refractivity (Wildman–Crippen MR) is 131 cm³/mol. The smallest absolute Gasteiger partial charge is 0.276 e. The number of halogens is 1. The van der Waals surface area contributed by atoms with Gasteiger partial charge in [-0.15, -0.1) is 0 Å². The van der Waals surface area contributed by atoms with Gasteiger partial charge in [0.15, 0.2) is 6.61 Å². The van der Waals surface area contributed by atoms with Crippen molar-refractivity contribution in [1.29, 1.82) is 0 Å². The minimum absolute atomic E-state index is 0.209. The Morgan fingerprint density at radius 2 is 1.64 bits per heavy atom. The van der Waals surface area contributed by atoms with Crippen LogP contribution in [0.5, 0.6) is 11.5 Å². The summed E-state index contributed by atoms with van der Waals surface area (Å²) in [7, 11) is 0. The second kappa shape index (κ2) is 12.1. The quantitative estimate of drug-likeness (QED) is 0.395. The minimum atomic E-state index is -0.462. The SMILES string of the molecule is CC(C)c1ccc(OCC(=O)NNC(=O)c2ccc(OCCc3ccccc3)c(Br)c2)cc1. The first kappa shape index (κ1) is 24.3. The number of carbonyl (C=O) groups is 2. The summed E-state index contributed by atoms with van der Waals surface area (Å²) in [4.78, 5) is 24.4. The number of rotatable bonds is 9. The van der Waals surface area contributed by atoms with Crippen molar-refractivity contribution in [3.63, 3.8) is 0 Å². The molecule has 0 saturated heterocycles. The van der Waals surface area contributed by atoms with Gasteiger partial charge >= 0.3 is 0 Å². The van der Waals surface area contributed by atoms with Crippen molar-refractivity contribution in [2.45, 2.75) is 26.2 Å². The van der Waals surface area contributed by atoms with Crippen molar-refractivity contribution in [3.05, 3.63) is 94.0 Å². The van der Waals surface area contributed by atoms with Gasteiger partial charge in [0.1, 0.15) is 11.5 Å². The van der Waals surface area contributed by atoms with Gasteiger partial charge in [-0.25, -0.2) is 0 Å². The molecule has 7 heteroatoms. The van der Waals surface area contributed by atoms with E-state index in [0.717, 1.165) is 6.42 Å². The molecule has 0 aliphatic rings. The molecule has 6 nitrogen and oxygen atoms in total. The summed E-state index contributed by atoms with van der Waals surface area (Å²) in [5.41, 5.74) is 7.51. The number of hydrazine groups is 1. The van der Waals surface area contributed by atoms with Crippen molar-refractivity contribution < 1.29 is 19.1 Å². The van der Waals surface area contributed by atoms with Crippen molar-refractivity contribution in [2.75, 3.05) is 13.2 Å². The van der Waals surface area contributed by atoms with Crippen LogP contribution in [0.3, 0.4) is 0 Å². The molecule has 33 heavy (non-hydrogen) atoms. The Labute approximate surface area is 202 Å². The molecule has 3 rings (SSSR count). The summed E-state index contributed by atoms with van der Waals surface area (Å²) in [6, 6.07) is 22.6. The van der Waals surface area contributed by atoms with Crippen molar-refractivity contribution in [3.8, 4) is 11.5 Å². The van der Waals surface area contributed by atoms with Crippen molar-refractivity contribution in [2.24, 2.45) is 0 Å². The molecule has 0 atom stereocenters. The van der Waals surface area contributed by atoms with Gasteiger partial charge < -0.3 is 9.47 Å². The molecule has 0 fully saturated rings. The van der Waals surface area contributed by atoms with Crippen LogP contribution in [0.2, 0.25) is 0 Å². The molecule has 172 valence electrons. The molecule has 3 aromatic carbocycles. The lowest BCUT2D eigenvalue weighted by molar-refractivity contribution is -0.123. The van der Waals surface area contributed by atoms with E-state index in [9.17, 15) is 9.59 Å². The van der Waals surface area contributed by atoms with Crippen LogP contribution < -0.4 is 20.3 Å². The van der Waals surface area contributed by atoms with Crippen LogP contribution in [0.25, 0.3) is 0 Å². The van der Waals surface area contributed by atoms with Gasteiger partial charge in [0.25, 0.3) is 11.8 Å². The van der Waals surface area contributed by atoms with Gasteiger partial charge in [0.2, 0.25) is 0 Å². The second-order valence-electron chi connectivity index (χ2n) is 7.74. The molecule has 0 aliphatic carbocycles. The summed E-state index contributed by atoms with van der Waals surface area (Å²) in [5, 5.41) is 0. The Morgan fingerprint density at radius 3 is 2.30 bits per heavy atom. The van der Waals surface area contributed by atoms with E-state index in [1.54, 1.807) is 18.2 Å². The van der Waals surface area contributed by atoms with Crippen LogP contribution in [0.1, 0.15) is 41.3 Å². The number of ether oxygens (including phenoxy) is 2. The normalized spacial score (nSPS) is 10.5. The van der Waals surface area contributed by atoms with Gasteiger partial charge in [-0.2, -0.15) is 0 Å². The summed E-state index contributed by atoms with van der Waals surface area (Å²) in [6.07, 6.45) is 0.783. The molecule has 0 unspecified atom stereocenters. The summed E-state index contributed by atoms with van der Waals surface area (Å²) in [5.74, 6) is 0.751. The highest BCUT2D eigenvalue weighted by Gasteiger charge is 2.11. The number of hydrogen-bond acceptors (Lipinski definition) is 4. The lowest BCUT2D eigenvalue weighted by Crippen LogP contribution is -2.43. The molecule has 0 aromatic heterocycles. The summed E-state index contributed by atoms with van der Waals surface area (Å²) in [6.45, 7) is 4.53.